The Kier molecular flexibility index (Phi) is 6.90. The zero-order valence-corrected chi connectivity index (χ0v) is 16.7. The van der Waals surface area contributed by atoms with E-state index < -0.39 is 0 Å². The zero-order valence-electron chi connectivity index (χ0n) is 16.0. The van der Waals surface area contributed by atoms with Gasteiger partial charge in [-0.25, -0.2) is 4.98 Å². The molecule has 2 aromatic rings. The smallest absolute Gasteiger partial charge is 0.191 e. The van der Waals surface area contributed by atoms with Crippen molar-refractivity contribution in [1.29, 1.82) is 0 Å². The van der Waals surface area contributed by atoms with Gasteiger partial charge in [0.15, 0.2) is 5.96 Å². The first-order chi connectivity index (χ1) is 13.2. The second-order valence-electron chi connectivity index (χ2n) is 6.68. The molecule has 6 nitrogen and oxygen atoms in total. The number of guanidine groups is 1. The molecule has 0 amide bonds. The van der Waals surface area contributed by atoms with Gasteiger partial charge in [0.2, 0.25) is 0 Å². The normalized spacial score (nSPS) is 15.7. The van der Waals surface area contributed by atoms with Gasteiger partial charge in [0.05, 0.1) is 0 Å². The molecule has 0 unspecified atom stereocenters. The molecule has 0 spiro atoms. The van der Waals surface area contributed by atoms with Crippen LogP contribution < -0.4 is 15.5 Å². The molecular formula is C20H27ClN6. The number of hydrogen-bond acceptors (Lipinski definition) is 4. The van der Waals surface area contributed by atoms with Crippen LogP contribution in [-0.4, -0.2) is 56.1 Å². The van der Waals surface area contributed by atoms with Crippen molar-refractivity contribution >= 4 is 23.4 Å². The minimum Gasteiger partial charge on any atom is -0.354 e. The van der Waals surface area contributed by atoms with Crippen LogP contribution in [0.1, 0.15) is 11.1 Å². The minimum atomic E-state index is 0.676. The Balaban J connectivity index is 1.57. The highest BCUT2D eigenvalue weighted by molar-refractivity contribution is 6.30. The van der Waals surface area contributed by atoms with Crippen molar-refractivity contribution in [2.24, 2.45) is 4.99 Å². The quantitative estimate of drug-likeness (QED) is 0.610. The molecule has 2 heterocycles. The van der Waals surface area contributed by atoms with E-state index in [1.807, 2.05) is 36.5 Å². The summed E-state index contributed by atoms with van der Waals surface area (Å²) < 4.78 is 0. The molecule has 27 heavy (non-hydrogen) atoms. The van der Waals surface area contributed by atoms with Crippen LogP contribution in [-0.2, 0) is 13.1 Å². The summed E-state index contributed by atoms with van der Waals surface area (Å²) >= 11 is 5.94. The summed E-state index contributed by atoms with van der Waals surface area (Å²) in [6, 6.07) is 11.9. The van der Waals surface area contributed by atoms with E-state index >= 15 is 0 Å². The van der Waals surface area contributed by atoms with Crippen LogP contribution >= 0.6 is 11.6 Å². The summed E-state index contributed by atoms with van der Waals surface area (Å²) in [7, 11) is 3.94. The highest BCUT2D eigenvalue weighted by Crippen LogP contribution is 2.18. The average molecular weight is 387 g/mol. The summed E-state index contributed by atoms with van der Waals surface area (Å²) in [4.78, 5) is 13.7. The predicted octanol–water partition coefficient (Wildman–Crippen LogP) is 2.35. The second kappa shape index (κ2) is 9.58. The van der Waals surface area contributed by atoms with Gasteiger partial charge in [-0.1, -0.05) is 29.8 Å². The summed E-state index contributed by atoms with van der Waals surface area (Å²) in [5.74, 6) is 1.82. The number of aromatic nitrogens is 1. The van der Waals surface area contributed by atoms with Crippen LogP contribution in [0.2, 0.25) is 5.02 Å². The third kappa shape index (κ3) is 5.58. The Morgan fingerprint density at radius 1 is 1.07 bits per heavy atom. The first-order valence-corrected chi connectivity index (χ1v) is 9.60. The van der Waals surface area contributed by atoms with Gasteiger partial charge in [-0.2, -0.15) is 0 Å². The summed E-state index contributed by atoms with van der Waals surface area (Å²) in [5.41, 5.74) is 2.33. The molecule has 0 atom stereocenters. The molecule has 3 rings (SSSR count). The molecule has 1 fully saturated rings. The Bertz CT molecular complexity index is 753. The van der Waals surface area contributed by atoms with Crippen LogP contribution in [0.5, 0.6) is 0 Å². The third-order valence-corrected chi connectivity index (χ3v) is 4.97. The van der Waals surface area contributed by atoms with E-state index in [2.05, 4.69) is 43.5 Å². The van der Waals surface area contributed by atoms with Gasteiger partial charge in [-0.3, -0.25) is 4.99 Å². The monoisotopic (exact) mass is 386 g/mol. The van der Waals surface area contributed by atoms with Gasteiger partial charge in [0.1, 0.15) is 5.82 Å². The summed E-state index contributed by atoms with van der Waals surface area (Å²) in [6.45, 7) is 5.50. The highest BCUT2D eigenvalue weighted by Gasteiger charge is 2.17. The fourth-order valence-corrected chi connectivity index (χ4v) is 3.18. The van der Waals surface area contributed by atoms with Crippen LogP contribution in [0.25, 0.3) is 0 Å². The SMILES string of the molecule is CN=C(NCc1ccc(Cl)cc1)NCc1cccnc1N1CCN(C)CC1. The number of pyridine rings is 1. The van der Waals surface area contributed by atoms with E-state index in [0.717, 1.165) is 48.5 Å². The fourth-order valence-electron chi connectivity index (χ4n) is 3.06. The first kappa shape index (κ1) is 19.5. The van der Waals surface area contributed by atoms with Crippen molar-refractivity contribution in [2.75, 3.05) is 45.2 Å². The Morgan fingerprint density at radius 3 is 2.48 bits per heavy atom. The Hall–Kier alpha value is -2.31. The van der Waals surface area contributed by atoms with Crippen molar-refractivity contribution in [3.63, 3.8) is 0 Å². The molecule has 1 aliphatic heterocycles. The highest BCUT2D eigenvalue weighted by atomic mass is 35.5. The molecule has 1 aromatic heterocycles. The van der Waals surface area contributed by atoms with Crippen molar-refractivity contribution in [3.05, 3.63) is 58.7 Å². The second-order valence-corrected chi connectivity index (χ2v) is 7.12. The largest absolute Gasteiger partial charge is 0.354 e. The number of benzene rings is 1. The van der Waals surface area contributed by atoms with Gasteiger partial charge in [-0.05, 0) is 30.8 Å². The molecule has 0 bridgehead atoms. The molecule has 0 radical (unpaired) electrons. The number of rotatable bonds is 5. The van der Waals surface area contributed by atoms with Crippen LogP contribution in [0, 0.1) is 0 Å². The maximum Gasteiger partial charge on any atom is 0.191 e. The molecule has 7 heteroatoms. The molecule has 1 aliphatic rings. The third-order valence-electron chi connectivity index (χ3n) is 4.71. The van der Waals surface area contributed by atoms with Crippen molar-refractivity contribution < 1.29 is 0 Å². The zero-order chi connectivity index (χ0) is 19.1. The van der Waals surface area contributed by atoms with Gasteiger partial charge in [0.25, 0.3) is 0 Å². The number of nitrogens with zero attached hydrogens (tertiary/aromatic N) is 4. The van der Waals surface area contributed by atoms with Crippen molar-refractivity contribution in [2.45, 2.75) is 13.1 Å². The van der Waals surface area contributed by atoms with E-state index in [-0.39, 0.29) is 0 Å². The Labute approximate surface area is 166 Å². The van der Waals surface area contributed by atoms with Crippen LogP contribution in [0.15, 0.2) is 47.6 Å². The maximum atomic E-state index is 5.94. The van der Waals surface area contributed by atoms with Crippen molar-refractivity contribution in [1.82, 2.24) is 20.5 Å². The number of anilines is 1. The number of piperazine rings is 1. The average Bonchev–Trinajstić information content (AvgIpc) is 2.70. The lowest BCUT2D eigenvalue weighted by Crippen LogP contribution is -2.45. The molecule has 0 aliphatic carbocycles. The summed E-state index contributed by atoms with van der Waals surface area (Å²) in [5, 5.41) is 7.47. The number of nitrogens with one attached hydrogen (secondary N) is 2. The molecule has 2 N–H and O–H groups in total. The van der Waals surface area contributed by atoms with Gasteiger partial charge >= 0.3 is 0 Å². The number of likely N-dealkylation sites (N-methyl/N-ethyl adjacent to an activating group) is 1. The van der Waals surface area contributed by atoms with E-state index in [9.17, 15) is 0 Å². The molecule has 0 saturated carbocycles. The van der Waals surface area contributed by atoms with E-state index in [1.54, 1.807) is 7.05 Å². The van der Waals surface area contributed by atoms with Gasteiger partial charge < -0.3 is 20.4 Å². The van der Waals surface area contributed by atoms with Crippen molar-refractivity contribution in [3.8, 4) is 0 Å². The van der Waals surface area contributed by atoms with Crippen LogP contribution in [0.3, 0.4) is 0 Å². The van der Waals surface area contributed by atoms with Crippen LogP contribution in [0.4, 0.5) is 5.82 Å². The standard InChI is InChI=1S/C20H27ClN6/c1-22-20(24-14-16-5-7-18(21)8-6-16)25-15-17-4-3-9-23-19(17)27-12-10-26(2)11-13-27/h3-9H,10-15H2,1-2H3,(H2,22,24,25). The molecule has 144 valence electrons. The van der Waals surface area contributed by atoms with E-state index in [4.69, 9.17) is 11.6 Å². The van der Waals surface area contributed by atoms with Gasteiger partial charge in [0, 0.05) is 63.1 Å². The topological polar surface area (TPSA) is 55.8 Å². The van der Waals surface area contributed by atoms with E-state index in [0.29, 0.717) is 13.1 Å². The lowest BCUT2D eigenvalue weighted by Gasteiger charge is -2.34. The Morgan fingerprint density at radius 2 is 1.78 bits per heavy atom. The number of hydrogen-bond donors (Lipinski definition) is 2. The minimum absolute atomic E-state index is 0.676. The molecule has 1 aromatic carbocycles. The van der Waals surface area contributed by atoms with E-state index in [1.165, 1.54) is 5.56 Å². The lowest BCUT2D eigenvalue weighted by atomic mass is 10.2. The maximum absolute atomic E-state index is 5.94. The first-order valence-electron chi connectivity index (χ1n) is 9.22. The predicted molar refractivity (Wildman–Crippen MR) is 112 cm³/mol. The molecular weight excluding hydrogens is 360 g/mol. The summed E-state index contributed by atoms with van der Waals surface area (Å²) in [6.07, 6.45) is 1.87. The lowest BCUT2D eigenvalue weighted by molar-refractivity contribution is 0.312. The number of halogens is 1. The fraction of sp³-hybridized carbons (Fsp3) is 0.400. The molecule has 1 saturated heterocycles. The van der Waals surface area contributed by atoms with Gasteiger partial charge in [-0.15, -0.1) is 0 Å². The number of aliphatic imine (C=N–C) groups is 1.